The molecule has 0 aromatic carbocycles. The van der Waals surface area contributed by atoms with E-state index in [0.29, 0.717) is 0 Å². The molecule has 21 heavy (non-hydrogen) atoms. The van der Waals surface area contributed by atoms with Gasteiger partial charge in [0.25, 0.3) is 0 Å². The van der Waals surface area contributed by atoms with Crippen LogP contribution in [-0.2, 0) is 0 Å². The molecule has 120 valence electrons. The summed E-state index contributed by atoms with van der Waals surface area (Å²) < 4.78 is 0. The summed E-state index contributed by atoms with van der Waals surface area (Å²) in [6.45, 7) is 11.5. The lowest BCUT2D eigenvalue weighted by molar-refractivity contribution is 0.0451. The molecule has 7 atom stereocenters. The third-order valence-corrected chi connectivity index (χ3v) is 7.45. The van der Waals surface area contributed by atoms with Crippen LogP contribution in [0.1, 0.15) is 78.6 Å². The molecule has 0 aromatic heterocycles. The standard InChI is InChI=1S/C21H36/c1-14(2)17-9-10-21(16(4)12-17)20-8-7-18-11-15(3)5-6-19(18)13-20/h15-21H,1,5-13H2,2-4H3. The molecule has 0 aliphatic heterocycles. The second kappa shape index (κ2) is 6.47. The number of allylic oxidation sites excluding steroid dienone is 1. The average Bonchev–Trinajstić information content (AvgIpc) is 2.46. The molecule has 0 heterocycles. The van der Waals surface area contributed by atoms with Crippen molar-refractivity contribution in [1.82, 2.24) is 0 Å². The number of hydrogen-bond donors (Lipinski definition) is 0. The quantitative estimate of drug-likeness (QED) is 0.511. The summed E-state index contributed by atoms with van der Waals surface area (Å²) in [5.74, 6) is 7.03. The minimum Gasteiger partial charge on any atom is -0.0999 e. The van der Waals surface area contributed by atoms with Gasteiger partial charge in [-0.3, -0.25) is 0 Å². The predicted molar refractivity (Wildman–Crippen MR) is 92.1 cm³/mol. The van der Waals surface area contributed by atoms with E-state index in [2.05, 4.69) is 27.4 Å². The Morgan fingerprint density at radius 1 is 0.762 bits per heavy atom. The summed E-state index contributed by atoms with van der Waals surface area (Å²) >= 11 is 0. The fourth-order valence-electron chi connectivity index (χ4n) is 6.12. The van der Waals surface area contributed by atoms with Crippen LogP contribution in [0.25, 0.3) is 0 Å². The minimum absolute atomic E-state index is 0.822. The van der Waals surface area contributed by atoms with E-state index in [0.717, 1.165) is 41.4 Å². The van der Waals surface area contributed by atoms with E-state index in [1.807, 2.05) is 0 Å². The highest BCUT2D eigenvalue weighted by molar-refractivity contribution is 5.00. The van der Waals surface area contributed by atoms with Crippen LogP contribution in [0.2, 0.25) is 0 Å². The maximum Gasteiger partial charge on any atom is -0.0206 e. The first kappa shape index (κ1) is 15.6. The van der Waals surface area contributed by atoms with Crippen LogP contribution in [0.5, 0.6) is 0 Å². The average molecular weight is 289 g/mol. The van der Waals surface area contributed by atoms with Gasteiger partial charge in [-0.1, -0.05) is 32.4 Å². The van der Waals surface area contributed by atoms with Gasteiger partial charge in [-0.15, -0.1) is 0 Å². The largest absolute Gasteiger partial charge is 0.0999 e. The third-order valence-electron chi connectivity index (χ3n) is 7.45. The molecule has 0 aromatic rings. The predicted octanol–water partition coefficient (Wildman–Crippen LogP) is 6.47. The Bertz CT molecular complexity index is 368. The fourth-order valence-corrected chi connectivity index (χ4v) is 6.12. The van der Waals surface area contributed by atoms with Crippen molar-refractivity contribution in [2.75, 3.05) is 0 Å². The van der Waals surface area contributed by atoms with Crippen LogP contribution >= 0.6 is 0 Å². The van der Waals surface area contributed by atoms with Gasteiger partial charge in [-0.2, -0.15) is 0 Å². The summed E-state index contributed by atoms with van der Waals surface area (Å²) in [5, 5.41) is 0. The highest BCUT2D eigenvalue weighted by Crippen LogP contribution is 2.50. The SMILES string of the molecule is C=C(C)C1CCC(C2CCC3CC(C)CCC3C2)C(C)C1. The van der Waals surface area contributed by atoms with E-state index in [1.54, 1.807) is 19.3 Å². The molecule has 3 saturated carbocycles. The lowest BCUT2D eigenvalue weighted by Gasteiger charge is -2.47. The molecule has 3 fully saturated rings. The van der Waals surface area contributed by atoms with Gasteiger partial charge in [-0.25, -0.2) is 0 Å². The van der Waals surface area contributed by atoms with Crippen molar-refractivity contribution in [3.8, 4) is 0 Å². The van der Waals surface area contributed by atoms with Crippen LogP contribution in [-0.4, -0.2) is 0 Å². The summed E-state index contributed by atoms with van der Waals surface area (Å²) in [6, 6.07) is 0. The first-order valence-electron chi connectivity index (χ1n) is 9.70. The van der Waals surface area contributed by atoms with Gasteiger partial charge < -0.3 is 0 Å². The van der Waals surface area contributed by atoms with Crippen LogP contribution in [0, 0.1) is 41.4 Å². The van der Waals surface area contributed by atoms with Gasteiger partial charge in [0, 0.05) is 0 Å². The molecular weight excluding hydrogens is 252 g/mol. The first-order chi connectivity index (χ1) is 10.0. The zero-order chi connectivity index (χ0) is 15.0. The second-order valence-corrected chi connectivity index (χ2v) is 9.01. The van der Waals surface area contributed by atoms with E-state index >= 15 is 0 Å². The Balaban J connectivity index is 1.57. The fraction of sp³-hybridized carbons (Fsp3) is 0.905. The van der Waals surface area contributed by atoms with E-state index < -0.39 is 0 Å². The normalized spacial score (nSPS) is 47.7. The Hall–Kier alpha value is -0.260. The Kier molecular flexibility index (Phi) is 4.81. The molecule has 0 heteroatoms. The third kappa shape index (κ3) is 3.40. The van der Waals surface area contributed by atoms with Crippen molar-refractivity contribution in [3.05, 3.63) is 12.2 Å². The molecule has 0 amide bonds. The highest BCUT2D eigenvalue weighted by atomic mass is 14.4. The molecule has 0 radical (unpaired) electrons. The monoisotopic (exact) mass is 288 g/mol. The van der Waals surface area contributed by atoms with E-state index in [-0.39, 0.29) is 0 Å². The molecule has 3 aliphatic rings. The minimum atomic E-state index is 0.822. The molecule has 3 rings (SSSR count). The number of rotatable bonds is 2. The van der Waals surface area contributed by atoms with E-state index in [9.17, 15) is 0 Å². The molecule has 7 unspecified atom stereocenters. The van der Waals surface area contributed by atoms with Crippen LogP contribution in [0.3, 0.4) is 0 Å². The van der Waals surface area contributed by atoms with Gasteiger partial charge in [0.15, 0.2) is 0 Å². The van der Waals surface area contributed by atoms with Crippen molar-refractivity contribution in [3.63, 3.8) is 0 Å². The Labute approximate surface area is 132 Å². The van der Waals surface area contributed by atoms with Gasteiger partial charge >= 0.3 is 0 Å². The summed E-state index contributed by atoms with van der Waals surface area (Å²) in [5.41, 5.74) is 1.44. The second-order valence-electron chi connectivity index (χ2n) is 9.01. The molecular formula is C21H36. The van der Waals surface area contributed by atoms with Gasteiger partial charge in [0.2, 0.25) is 0 Å². The Morgan fingerprint density at radius 2 is 1.43 bits per heavy atom. The molecule has 0 spiro atoms. The smallest absolute Gasteiger partial charge is 0.0206 e. The Morgan fingerprint density at radius 3 is 2.14 bits per heavy atom. The van der Waals surface area contributed by atoms with Crippen molar-refractivity contribution < 1.29 is 0 Å². The summed E-state index contributed by atoms with van der Waals surface area (Å²) in [6.07, 6.45) is 13.6. The molecule has 0 bridgehead atoms. The van der Waals surface area contributed by atoms with E-state index in [4.69, 9.17) is 0 Å². The van der Waals surface area contributed by atoms with Crippen LogP contribution in [0.4, 0.5) is 0 Å². The highest BCUT2D eigenvalue weighted by Gasteiger charge is 2.40. The van der Waals surface area contributed by atoms with Crippen molar-refractivity contribution in [1.29, 1.82) is 0 Å². The van der Waals surface area contributed by atoms with Gasteiger partial charge in [0.05, 0.1) is 0 Å². The van der Waals surface area contributed by atoms with Crippen molar-refractivity contribution in [2.24, 2.45) is 41.4 Å². The molecule has 0 N–H and O–H groups in total. The molecule has 0 nitrogen and oxygen atoms in total. The zero-order valence-electron chi connectivity index (χ0n) is 14.6. The van der Waals surface area contributed by atoms with Gasteiger partial charge in [-0.05, 0) is 99.7 Å². The van der Waals surface area contributed by atoms with Crippen LogP contribution in [0.15, 0.2) is 12.2 Å². The topological polar surface area (TPSA) is 0 Å². The molecule has 0 saturated heterocycles. The zero-order valence-corrected chi connectivity index (χ0v) is 14.6. The summed E-state index contributed by atoms with van der Waals surface area (Å²) in [7, 11) is 0. The number of fused-ring (bicyclic) bond motifs is 1. The van der Waals surface area contributed by atoms with Crippen molar-refractivity contribution in [2.45, 2.75) is 78.6 Å². The maximum atomic E-state index is 4.21. The number of hydrogen-bond acceptors (Lipinski definition) is 0. The first-order valence-corrected chi connectivity index (χ1v) is 9.70. The lowest BCUT2D eigenvalue weighted by atomic mass is 9.59. The van der Waals surface area contributed by atoms with Crippen molar-refractivity contribution >= 4 is 0 Å². The van der Waals surface area contributed by atoms with Gasteiger partial charge in [0.1, 0.15) is 0 Å². The maximum absolute atomic E-state index is 4.21. The van der Waals surface area contributed by atoms with Crippen LogP contribution < -0.4 is 0 Å². The van der Waals surface area contributed by atoms with E-state index in [1.165, 1.54) is 44.1 Å². The summed E-state index contributed by atoms with van der Waals surface area (Å²) in [4.78, 5) is 0. The lowest BCUT2D eigenvalue weighted by Crippen LogP contribution is -2.36. The molecule has 3 aliphatic carbocycles.